The lowest BCUT2D eigenvalue weighted by atomic mass is 9.72. The molecule has 290 valence electrons. The van der Waals surface area contributed by atoms with Crippen molar-refractivity contribution >= 4 is 23.4 Å². The van der Waals surface area contributed by atoms with Crippen molar-refractivity contribution in [3.05, 3.63) is 99.9 Å². The van der Waals surface area contributed by atoms with E-state index in [0.29, 0.717) is 36.2 Å². The Balaban J connectivity index is 0.867. The average Bonchev–Trinajstić information content (AvgIpc) is 3.75. The minimum absolute atomic E-state index is 0.0312. The van der Waals surface area contributed by atoms with E-state index in [9.17, 15) is 14.4 Å². The van der Waals surface area contributed by atoms with E-state index in [1.165, 1.54) is 38.3 Å². The molecule has 12 nitrogen and oxygen atoms in total. The number of benzene rings is 2. The zero-order valence-electron chi connectivity index (χ0n) is 31.8. The third kappa shape index (κ3) is 6.94. The molecule has 1 spiro atoms. The highest BCUT2D eigenvalue weighted by molar-refractivity contribution is 6.04. The first kappa shape index (κ1) is 37.0. The predicted molar refractivity (Wildman–Crippen MR) is 203 cm³/mol. The van der Waals surface area contributed by atoms with Crippen LogP contribution in [0.5, 0.6) is 0 Å². The number of fused-ring (bicyclic) bond motifs is 2. The highest BCUT2D eigenvalue weighted by Crippen LogP contribution is 2.49. The van der Waals surface area contributed by atoms with Crippen LogP contribution in [0.1, 0.15) is 111 Å². The lowest BCUT2D eigenvalue weighted by Crippen LogP contribution is -2.56. The summed E-state index contributed by atoms with van der Waals surface area (Å²) in [6, 6.07) is 10.6. The Kier molecular flexibility index (Phi) is 10.1. The molecule has 1 saturated heterocycles. The van der Waals surface area contributed by atoms with Gasteiger partial charge < -0.3 is 25.0 Å². The molecule has 3 fully saturated rings. The topological polar surface area (TPSA) is 121 Å². The molecule has 2 aromatic carbocycles. The first-order valence-electron chi connectivity index (χ1n) is 19.5. The van der Waals surface area contributed by atoms with E-state index in [4.69, 9.17) is 0 Å². The molecule has 4 heterocycles. The standard InChI is InChI=1S/C41H49F2N9O3/c1-26-32(23-46-52(26)31-12-16-49(17-13-31)30-6-4-7-30)38(53)47-29-10-8-27(9-11-29)22-45-39(54)37-44-24-36-41(14-5-15-41)50(18-19-51(36)37)25-33-34(42)20-28(21-35(33)43)40(55)48(2)3/h8-11,20-21,23-24,30-31H,4-7,12-19,22,25H2,1-3H3,(H,45,54)(H,47,53). The van der Waals surface area contributed by atoms with Gasteiger partial charge in [-0.3, -0.25) is 24.0 Å². The van der Waals surface area contributed by atoms with Crippen molar-refractivity contribution in [2.24, 2.45) is 0 Å². The van der Waals surface area contributed by atoms with Crippen LogP contribution < -0.4 is 10.6 Å². The molecule has 0 bridgehead atoms. The molecule has 0 atom stereocenters. The van der Waals surface area contributed by atoms with Gasteiger partial charge in [-0.15, -0.1) is 0 Å². The summed E-state index contributed by atoms with van der Waals surface area (Å²) in [6.07, 6.45) is 12.0. The van der Waals surface area contributed by atoms with Crippen LogP contribution in [-0.4, -0.2) is 91.5 Å². The number of anilines is 1. The van der Waals surface area contributed by atoms with E-state index in [1.54, 1.807) is 12.4 Å². The van der Waals surface area contributed by atoms with E-state index in [0.717, 1.165) is 80.3 Å². The first-order chi connectivity index (χ1) is 26.5. The number of nitrogens with zero attached hydrogens (tertiary/aromatic N) is 7. The fourth-order valence-electron chi connectivity index (χ4n) is 8.82. The molecule has 4 aliphatic rings. The van der Waals surface area contributed by atoms with Crippen molar-refractivity contribution in [1.29, 1.82) is 0 Å². The second-order valence-electron chi connectivity index (χ2n) is 15.8. The van der Waals surface area contributed by atoms with Crippen LogP contribution in [0.15, 0.2) is 48.8 Å². The Hall–Kier alpha value is -4.95. The number of hydrogen-bond acceptors (Lipinski definition) is 7. The number of amides is 3. The van der Waals surface area contributed by atoms with Gasteiger partial charge in [0.1, 0.15) is 11.6 Å². The molecule has 2 aliphatic heterocycles. The Labute approximate surface area is 319 Å². The maximum absolute atomic E-state index is 15.2. The van der Waals surface area contributed by atoms with E-state index < -0.39 is 23.1 Å². The highest BCUT2D eigenvalue weighted by atomic mass is 19.1. The van der Waals surface area contributed by atoms with Crippen LogP contribution in [0.3, 0.4) is 0 Å². The number of rotatable bonds is 10. The van der Waals surface area contributed by atoms with Crippen LogP contribution >= 0.6 is 0 Å². The number of imidazole rings is 1. The van der Waals surface area contributed by atoms with Gasteiger partial charge in [-0.2, -0.15) is 5.10 Å². The number of piperidine rings is 1. The van der Waals surface area contributed by atoms with Crippen molar-refractivity contribution in [3.8, 4) is 0 Å². The molecule has 2 aliphatic carbocycles. The van der Waals surface area contributed by atoms with Crippen LogP contribution in [0.4, 0.5) is 14.5 Å². The quantitative estimate of drug-likeness (QED) is 0.215. The Bertz CT molecular complexity index is 2070. The lowest BCUT2D eigenvalue weighted by molar-refractivity contribution is -0.0229. The van der Waals surface area contributed by atoms with E-state index in [1.807, 2.05) is 40.4 Å². The summed E-state index contributed by atoms with van der Waals surface area (Å²) >= 11 is 0. The number of hydrogen-bond donors (Lipinski definition) is 2. The summed E-state index contributed by atoms with van der Waals surface area (Å²) in [4.78, 5) is 49.5. The average molecular weight is 754 g/mol. The summed E-state index contributed by atoms with van der Waals surface area (Å²) in [5.74, 6) is -2.18. The molecule has 2 N–H and O–H groups in total. The van der Waals surface area contributed by atoms with Gasteiger partial charge in [0.2, 0.25) is 0 Å². The zero-order valence-corrected chi connectivity index (χ0v) is 31.8. The fraction of sp³-hybridized carbons (Fsp3) is 0.488. The molecule has 8 rings (SSSR count). The number of likely N-dealkylation sites (tertiary alicyclic amines) is 1. The monoisotopic (exact) mass is 753 g/mol. The van der Waals surface area contributed by atoms with Crippen LogP contribution in [0.2, 0.25) is 0 Å². The van der Waals surface area contributed by atoms with Gasteiger partial charge in [0.15, 0.2) is 5.82 Å². The van der Waals surface area contributed by atoms with Crippen molar-refractivity contribution in [2.45, 2.75) is 95.5 Å². The van der Waals surface area contributed by atoms with Gasteiger partial charge in [0.25, 0.3) is 17.7 Å². The van der Waals surface area contributed by atoms with Gasteiger partial charge in [0.05, 0.1) is 35.2 Å². The molecular formula is C41H49F2N9O3. The van der Waals surface area contributed by atoms with Gasteiger partial charge in [-0.1, -0.05) is 18.6 Å². The molecule has 3 amide bonds. The summed E-state index contributed by atoms with van der Waals surface area (Å²) in [6.45, 7) is 5.35. The maximum Gasteiger partial charge on any atom is 0.287 e. The molecule has 0 unspecified atom stereocenters. The summed E-state index contributed by atoms with van der Waals surface area (Å²) in [5, 5.41) is 10.6. The van der Waals surface area contributed by atoms with E-state index >= 15 is 8.78 Å². The second kappa shape index (κ2) is 14.9. The molecule has 55 heavy (non-hydrogen) atoms. The second-order valence-corrected chi connectivity index (χ2v) is 15.8. The number of nitrogens with one attached hydrogen (secondary N) is 2. The van der Waals surface area contributed by atoms with Gasteiger partial charge in [-0.25, -0.2) is 13.8 Å². The van der Waals surface area contributed by atoms with Gasteiger partial charge in [0, 0.05) is 81.9 Å². The van der Waals surface area contributed by atoms with Crippen LogP contribution in [0, 0.1) is 18.6 Å². The van der Waals surface area contributed by atoms with Crippen LogP contribution in [0.25, 0.3) is 0 Å². The molecule has 2 saturated carbocycles. The SMILES string of the molecule is Cc1c(C(=O)Nc2ccc(CNC(=O)c3ncc4n3CCN(Cc3c(F)cc(C(=O)N(C)C)cc3F)C43CCC3)cc2)cnn1C1CCN(C2CCC2)CC1. The molecule has 4 aromatic rings. The minimum atomic E-state index is -0.749. The largest absolute Gasteiger partial charge is 0.345 e. The Morgan fingerprint density at radius 1 is 0.891 bits per heavy atom. The smallest absolute Gasteiger partial charge is 0.287 e. The van der Waals surface area contributed by atoms with Gasteiger partial charge >= 0.3 is 0 Å². The first-order valence-corrected chi connectivity index (χ1v) is 19.5. The summed E-state index contributed by atoms with van der Waals surface area (Å²) in [5.41, 5.74) is 3.23. The van der Waals surface area contributed by atoms with Crippen LogP contribution in [-0.2, 0) is 25.2 Å². The van der Waals surface area contributed by atoms with Crippen molar-refractivity contribution < 1.29 is 23.2 Å². The molecule has 0 radical (unpaired) electrons. The third-order valence-corrected chi connectivity index (χ3v) is 12.4. The minimum Gasteiger partial charge on any atom is -0.345 e. The lowest BCUT2D eigenvalue weighted by Gasteiger charge is -2.53. The van der Waals surface area contributed by atoms with E-state index in [-0.39, 0.29) is 36.0 Å². The van der Waals surface area contributed by atoms with E-state index in [2.05, 4.69) is 30.5 Å². The normalized spacial score (nSPS) is 18.7. The number of carbonyl (C=O) groups excluding carboxylic acids is 3. The molecular weight excluding hydrogens is 705 g/mol. The Morgan fingerprint density at radius 3 is 2.22 bits per heavy atom. The maximum atomic E-state index is 15.2. The van der Waals surface area contributed by atoms with Crippen molar-refractivity contribution in [2.75, 3.05) is 39.0 Å². The molecule has 14 heteroatoms. The highest BCUT2D eigenvalue weighted by Gasteiger charge is 2.49. The van der Waals surface area contributed by atoms with Gasteiger partial charge in [-0.05, 0) is 81.7 Å². The number of aromatic nitrogens is 4. The van der Waals surface area contributed by atoms with Crippen molar-refractivity contribution in [3.63, 3.8) is 0 Å². The zero-order chi connectivity index (χ0) is 38.4. The van der Waals surface area contributed by atoms with Crippen molar-refractivity contribution in [1.82, 2.24) is 39.3 Å². The summed E-state index contributed by atoms with van der Waals surface area (Å²) in [7, 11) is 3.08. The predicted octanol–water partition coefficient (Wildman–Crippen LogP) is 5.63. The number of carbonyl (C=O) groups is 3. The third-order valence-electron chi connectivity index (χ3n) is 12.4. The molecule has 2 aromatic heterocycles. The summed E-state index contributed by atoms with van der Waals surface area (Å²) < 4.78 is 34.4. The number of halogens is 2. The fourth-order valence-corrected chi connectivity index (χ4v) is 8.82. The Morgan fingerprint density at radius 2 is 1.60 bits per heavy atom.